The predicted octanol–water partition coefficient (Wildman–Crippen LogP) is 2.36. The van der Waals surface area contributed by atoms with E-state index in [1.54, 1.807) is 12.1 Å². The van der Waals surface area contributed by atoms with Gasteiger partial charge in [-0.25, -0.2) is 0 Å². The van der Waals surface area contributed by atoms with Gasteiger partial charge in [-0.3, -0.25) is 4.55 Å². The maximum absolute atomic E-state index is 10.7. The van der Waals surface area contributed by atoms with Gasteiger partial charge in [0.05, 0.1) is 4.90 Å². The molecule has 0 aromatic heterocycles. The van der Waals surface area contributed by atoms with E-state index >= 15 is 0 Å². The Bertz CT molecular complexity index is 437. The fourth-order valence-electron chi connectivity index (χ4n) is 1.07. The summed E-state index contributed by atoms with van der Waals surface area (Å²) in [6.45, 7) is 3.91. The Morgan fingerprint density at radius 2 is 1.71 bits per heavy atom. The van der Waals surface area contributed by atoms with Crippen LogP contribution in [0.15, 0.2) is 34.7 Å². The molecule has 1 aromatic rings. The van der Waals surface area contributed by atoms with Crippen LogP contribution in [0.3, 0.4) is 0 Å². The number of hydrogen-bond donors (Lipinski definition) is 1. The van der Waals surface area contributed by atoms with Crippen molar-refractivity contribution in [3.8, 4) is 0 Å². The highest BCUT2D eigenvalue weighted by Crippen LogP contribution is 2.12. The fourth-order valence-corrected chi connectivity index (χ4v) is 1.55. The molecule has 0 atom stereocenters. The number of hydrogen-bond acceptors (Lipinski definition) is 2. The van der Waals surface area contributed by atoms with E-state index in [2.05, 4.69) is 0 Å². The molecule has 0 saturated heterocycles. The van der Waals surface area contributed by atoms with E-state index in [4.69, 9.17) is 4.55 Å². The van der Waals surface area contributed by atoms with Crippen LogP contribution in [0, 0.1) is 0 Å². The zero-order valence-corrected chi connectivity index (χ0v) is 8.88. The highest BCUT2D eigenvalue weighted by atomic mass is 32.2. The molecule has 4 heteroatoms. The lowest BCUT2D eigenvalue weighted by Crippen LogP contribution is -1.97. The Morgan fingerprint density at radius 1 is 1.21 bits per heavy atom. The van der Waals surface area contributed by atoms with E-state index in [-0.39, 0.29) is 4.90 Å². The molecule has 76 valence electrons. The van der Waals surface area contributed by atoms with Crippen LogP contribution in [-0.4, -0.2) is 13.0 Å². The minimum Gasteiger partial charge on any atom is -0.282 e. The van der Waals surface area contributed by atoms with E-state index in [0.29, 0.717) is 0 Å². The van der Waals surface area contributed by atoms with Gasteiger partial charge in [-0.05, 0) is 31.5 Å². The molecule has 0 amide bonds. The van der Waals surface area contributed by atoms with Gasteiger partial charge in [0.15, 0.2) is 0 Å². The summed E-state index contributed by atoms with van der Waals surface area (Å²) < 4.78 is 30.1. The van der Waals surface area contributed by atoms with Crippen LogP contribution in [0.1, 0.15) is 19.4 Å². The quantitative estimate of drug-likeness (QED) is 0.765. The minimum atomic E-state index is -4.07. The SMILES string of the molecule is CC(C)=Cc1ccc(S(=O)(=O)O)cc1. The van der Waals surface area contributed by atoms with Crippen LogP contribution in [0.25, 0.3) is 6.08 Å². The van der Waals surface area contributed by atoms with Crippen LogP contribution in [-0.2, 0) is 10.1 Å². The monoisotopic (exact) mass is 212 g/mol. The molecule has 0 fully saturated rings. The number of rotatable bonds is 2. The van der Waals surface area contributed by atoms with Gasteiger partial charge >= 0.3 is 0 Å². The summed E-state index contributed by atoms with van der Waals surface area (Å²) in [4.78, 5) is -0.0802. The van der Waals surface area contributed by atoms with E-state index in [1.807, 2.05) is 19.9 Å². The molecule has 3 nitrogen and oxygen atoms in total. The van der Waals surface area contributed by atoms with Crippen LogP contribution in [0.4, 0.5) is 0 Å². The van der Waals surface area contributed by atoms with E-state index in [0.717, 1.165) is 11.1 Å². The summed E-state index contributed by atoms with van der Waals surface area (Å²) in [6.07, 6.45) is 1.92. The van der Waals surface area contributed by atoms with Crippen molar-refractivity contribution in [2.75, 3.05) is 0 Å². The smallest absolute Gasteiger partial charge is 0.282 e. The lowest BCUT2D eigenvalue weighted by atomic mass is 10.1. The van der Waals surface area contributed by atoms with E-state index in [1.165, 1.54) is 12.1 Å². The van der Waals surface area contributed by atoms with Crippen molar-refractivity contribution in [1.29, 1.82) is 0 Å². The van der Waals surface area contributed by atoms with Crippen molar-refractivity contribution in [3.05, 3.63) is 35.4 Å². The fraction of sp³-hybridized carbons (Fsp3) is 0.200. The lowest BCUT2D eigenvalue weighted by molar-refractivity contribution is 0.483. The summed E-state index contributed by atoms with van der Waals surface area (Å²) in [7, 11) is -4.07. The molecule has 0 unspecified atom stereocenters. The van der Waals surface area contributed by atoms with Crippen molar-refractivity contribution < 1.29 is 13.0 Å². The summed E-state index contributed by atoms with van der Waals surface area (Å²) in [5, 5.41) is 0. The first-order valence-electron chi connectivity index (χ1n) is 4.12. The summed E-state index contributed by atoms with van der Waals surface area (Å²) >= 11 is 0. The van der Waals surface area contributed by atoms with Gasteiger partial charge in [-0.15, -0.1) is 0 Å². The topological polar surface area (TPSA) is 54.4 Å². The number of allylic oxidation sites excluding steroid dienone is 1. The van der Waals surface area contributed by atoms with Gasteiger partial charge in [0.1, 0.15) is 0 Å². The van der Waals surface area contributed by atoms with Crippen LogP contribution >= 0.6 is 0 Å². The molecular weight excluding hydrogens is 200 g/mol. The first-order valence-corrected chi connectivity index (χ1v) is 5.56. The van der Waals surface area contributed by atoms with E-state index < -0.39 is 10.1 Å². The summed E-state index contributed by atoms with van der Waals surface area (Å²) in [5.41, 5.74) is 2.04. The van der Waals surface area contributed by atoms with Gasteiger partial charge in [0.2, 0.25) is 0 Å². The zero-order chi connectivity index (χ0) is 10.8. The van der Waals surface area contributed by atoms with E-state index in [9.17, 15) is 8.42 Å². The Balaban J connectivity index is 3.08. The minimum absolute atomic E-state index is 0.0802. The second kappa shape index (κ2) is 3.94. The maximum Gasteiger partial charge on any atom is 0.294 e. The predicted molar refractivity (Wildman–Crippen MR) is 55.6 cm³/mol. The molecule has 0 bridgehead atoms. The molecular formula is C10H12O3S. The molecule has 0 spiro atoms. The first-order chi connectivity index (χ1) is 6.39. The standard InChI is InChI=1S/C10H12O3S/c1-8(2)7-9-3-5-10(6-4-9)14(11,12)13/h3-7H,1-2H3,(H,11,12,13). The Morgan fingerprint density at radius 3 is 2.07 bits per heavy atom. The van der Waals surface area contributed by atoms with Gasteiger partial charge in [0, 0.05) is 0 Å². The summed E-state index contributed by atoms with van der Waals surface area (Å²) in [5.74, 6) is 0. The molecule has 1 N–H and O–H groups in total. The molecule has 14 heavy (non-hydrogen) atoms. The van der Waals surface area contributed by atoms with Crippen molar-refractivity contribution in [3.63, 3.8) is 0 Å². The third-order valence-corrected chi connectivity index (χ3v) is 2.50. The maximum atomic E-state index is 10.7. The highest BCUT2D eigenvalue weighted by molar-refractivity contribution is 7.85. The average molecular weight is 212 g/mol. The first kappa shape index (κ1) is 10.9. The Hall–Kier alpha value is -1.13. The van der Waals surface area contributed by atoms with Crippen molar-refractivity contribution in [2.24, 2.45) is 0 Å². The normalized spacial score (nSPS) is 11.1. The van der Waals surface area contributed by atoms with Gasteiger partial charge < -0.3 is 0 Å². The third kappa shape index (κ3) is 2.97. The van der Waals surface area contributed by atoms with Gasteiger partial charge in [-0.1, -0.05) is 23.8 Å². The molecule has 0 heterocycles. The van der Waals surface area contributed by atoms with Crippen LogP contribution in [0.2, 0.25) is 0 Å². The van der Waals surface area contributed by atoms with Gasteiger partial charge in [-0.2, -0.15) is 8.42 Å². The second-order valence-electron chi connectivity index (χ2n) is 3.27. The molecule has 1 aromatic carbocycles. The van der Waals surface area contributed by atoms with Crippen LogP contribution < -0.4 is 0 Å². The molecule has 0 saturated carbocycles. The third-order valence-electron chi connectivity index (χ3n) is 1.63. The Kier molecular flexibility index (Phi) is 3.08. The van der Waals surface area contributed by atoms with Crippen molar-refractivity contribution in [2.45, 2.75) is 18.7 Å². The Labute approximate surface area is 83.8 Å². The van der Waals surface area contributed by atoms with Gasteiger partial charge in [0.25, 0.3) is 10.1 Å². The average Bonchev–Trinajstić information content (AvgIpc) is 2.02. The van der Waals surface area contributed by atoms with Crippen molar-refractivity contribution in [1.82, 2.24) is 0 Å². The second-order valence-corrected chi connectivity index (χ2v) is 4.69. The molecule has 1 rings (SSSR count). The molecule has 0 aliphatic heterocycles. The highest BCUT2D eigenvalue weighted by Gasteiger charge is 2.07. The van der Waals surface area contributed by atoms with Crippen molar-refractivity contribution >= 4 is 16.2 Å². The number of benzene rings is 1. The summed E-state index contributed by atoms with van der Waals surface area (Å²) in [6, 6.07) is 6.06. The lowest BCUT2D eigenvalue weighted by Gasteiger charge is -1.98. The largest absolute Gasteiger partial charge is 0.294 e. The molecule has 0 radical (unpaired) electrons. The van der Waals surface area contributed by atoms with Crippen LogP contribution in [0.5, 0.6) is 0 Å². The molecule has 0 aliphatic carbocycles. The zero-order valence-electron chi connectivity index (χ0n) is 8.06. The molecule has 0 aliphatic rings.